The molecule has 0 bridgehead atoms. The molecule has 2 N–H and O–H groups in total. The van der Waals surface area contributed by atoms with E-state index in [2.05, 4.69) is 24.9 Å². The second-order valence-electron chi connectivity index (χ2n) is 5.84. The molecule has 1 heterocycles. The lowest BCUT2D eigenvalue weighted by Crippen LogP contribution is -2.42. The maximum absolute atomic E-state index is 6.21. The molecule has 1 aromatic rings. The van der Waals surface area contributed by atoms with Crippen LogP contribution in [0.1, 0.15) is 37.7 Å². The fourth-order valence-electron chi connectivity index (χ4n) is 2.96. The first-order valence-corrected chi connectivity index (χ1v) is 6.49. The highest BCUT2D eigenvalue weighted by Gasteiger charge is 2.37. The van der Waals surface area contributed by atoms with Crippen LogP contribution in [0, 0.1) is 12.3 Å². The van der Waals surface area contributed by atoms with E-state index in [1.807, 2.05) is 13.0 Å². The SMILES string of the molecule is Cc1ccc(CN(C)CC2(C)CCCC2N)o1. The molecule has 3 nitrogen and oxygen atoms in total. The zero-order valence-electron chi connectivity index (χ0n) is 11.2. The first kappa shape index (κ1) is 12.7. The molecule has 0 amide bonds. The molecule has 2 rings (SSSR count). The topological polar surface area (TPSA) is 42.4 Å². The lowest BCUT2D eigenvalue weighted by Gasteiger charge is -2.33. The first-order valence-electron chi connectivity index (χ1n) is 6.49. The number of nitrogens with two attached hydrogens (primary N) is 1. The lowest BCUT2D eigenvalue weighted by atomic mass is 9.84. The van der Waals surface area contributed by atoms with Crippen LogP contribution in [-0.2, 0) is 6.54 Å². The van der Waals surface area contributed by atoms with E-state index < -0.39 is 0 Å². The molecular weight excluding hydrogens is 212 g/mol. The van der Waals surface area contributed by atoms with Gasteiger partial charge in [0.25, 0.3) is 0 Å². The molecule has 96 valence electrons. The molecule has 0 radical (unpaired) electrons. The van der Waals surface area contributed by atoms with Crippen LogP contribution in [0.3, 0.4) is 0 Å². The van der Waals surface area contributed by atoms with Gasteiger partial charge < -0.3 is 10.2 Å². The van der Waals surface area contributed by atoms with E-state index in [0.717, 1.165) is 24.6 Å². The van der Waals surface area contributed by atoms with E-state index in [0.29, 0.717) is 6.04 Å². The van der Waals surface area contributed by atoms with Crippen LogP contribution in [0.15, 0.2) is 16.5 Å². The summed E-state index contributed by atoms with van der Waals surface area (Å²) in [5.74, 6) is 2.03. The Kier molecular flexibility index (Phi) is 3.59. The Morgan fingerprint density at radius 2 is 2.29 bits per heavy atom. The van der Waals surface area contributed by atoms with Gasteiger partial charge >= 0.3 is 0 Å². The summed E-state index contributed by atoms with van der Waals surface area (Å²) in [7, 11) is 2.15. The second-order valence-corrected chi connectivity index (χ2v) is 5.84. The average molecular weight is 236 g/mol. The summed E-state index contributed by atoms with van der Waals surface area (Å²) in [5, 5.41) is 0. The molecule has 0 aliphatic heterocycles. The molecule has 0 aromatic carbocycles. The summed E-state index contributed by atoms with van der Waals surface area (Å²) in [4.78, 5) is 2.32. The van der Waals surface area contributed by atoms with Gasteiger partial charge in [0.1, 0.15) is 11.5 Å². The van der Waals surface area contributed by atoms with Gasteiger partial charge in [-0.2, -0.15) is 0 Å². The van der Waals surface area contributed by atoms with Crippen molar-refractivity contribution in [3.8, 4) is 0 Å². The predicted molar refractivity (Wildman–Crippen MR) is 69.7 cm³/mol. The smallest absolute Gasteiger partial charge is 0.118 e. The van der Waals surface area contributed by atoms with Gasteiger partial charge in [-0.1, -0.05) is 13.3 Å². The minimum Gasteiger partial charge on any atom is -0.465 e. The summed E-state index contributed by atoms with van der Waals surface area (Å²) < 4.78 is 5.61. The molecule has 1 fully saturated rings. The van der Waals surface area contributed by atoms with Crippen molar-refractivity contribution in [2.45, 2.75) is 45.7 Å². The van der Waals surface area contributed by atoms with Gasteiger partial charge in [0.05, 0.1) is 6.54 Å². The van der Waals surface area contributed by atoms with Crippen molar-refractivity contribution in [3.63, 3.8) is 0 Å². The Morgan fingerprint density at radius 3 is 2.82 bits per heavy atom. The monoisotopic (exact) mass is 236 g/mol. The maximum atomic E-state index is 6.21. The van der Waals surface area contributed by atoms with Crippen LogP contribution >= 0.6 is 0 Å². The highest BCUT2D eigenvalue weighted by Crippen LogP contribution is 2.37. The van der Waals surface area contributed by atoms with E-state index in [4.69, 9.17) is 10.2 Å². The molecular formula is C14H24N2O. The van der Waals surface area contributed by atoms with Crippen LogP contribution in [0.4, 0.5) is 0 Å². The van der Waals surface area contributed by atoms with E-state index in [-0.39, 0.29) is 5.41 Å². The normalized spacial score (nSPS) is 29.1. The fourth-order valence-corrected chi connectivity index (χ4v) is 2.96. The second kappa shape index (κ2) is 4.83. The van der Waals surface area contributed by atoms with Crippen molar-refractivity contribution in [2.24, 2.45) is 11.1 Å². The average Bonchev–Trinajstić information content (AvgIpc) is 2.75. The molecule has 3 heteroatoms. The summed E-state index contributed by atoms with van der Waals surface area (Å²) in [6, 6.07) is 4.43. The third-order valence-electron chi connectivity index (χ3n) is 4.01. The van der Waals surface area contributed by atoms with Crippen LogP contribution in [0.5, 0.6) is 0 Å². The maximum Gasteiger partial charge on any atom is 0.118 e. The molecule has 2 unspecified atom stereocenters. The summed E-state index contributed by atoms with van der Waals surface area (Å²) in [5.41, 5.74) is 6.48. The van der Waals surface area contributed by atoms with Gasteiger partial charge in [-0.25, -0.2) is 0 Å². The lowest BCUT2D eigenvalue weighted by molar-refractivity contribution is 0.165. The highest BCUT2D eigenvalue weighted by molar-refractivity contribution is 5.05. The van der Waals surface area contributed by atoms with Crippen molar-refractivity contribution in [1.82, 2.24) is 4.90 Å². The first-order chi connectivity index (χ1) is 7.99. The standard InChI is InChI=1S/C14H24N2O/c1-11-6-7-12(17-11)9-16(3)10-14(2)8-4-5-13(14)15/h6-7,13H,4-5,8-10,15H2,1-3H3. The van der Waals surface area contributed by atoms with Crippen molar-refractivity contribution in [1.29, 1.82) is 0 Å². The summed E-state index contributed by atoms with van der Waals surface area (Å²) in [6.07, 6.45) is 3.69. The molecule has 0 saturated heterocycles. The van der Waals surface area contributed by atoms with E-state index >= 15 is 0 Å². The number of rotatable bonds is 4. The third kappa shape index (κ3) is 2.90. The Labute approximate surface area is 104 Å². The Morgan fingerprint density at radius 1 is 1.53 bits per heavy atom. The number of hydrogen-bond donors (Lipinski definition) is 1. The number of nitrogens with zero attached hydrogens (tertiary/aromatic N) is 1. The molecule has 1 saturated carbocycles. The van der Waals surface area contributed by atoms with Crippen LogP contribution in [0.25, 0.3) is 0 Å². The van der Waals surface area contributed by atoms with Gasteiger partial charge in [0.15, 0.2) is 0 Å². The number of hydrogen-bond acceptors (Lipinski definition) is 3. The number of furan rings is 1. The predicted octanol–water partition coefficient (Wildman–Crippen LogP) is 2.54. The van der Waals surface area contributed by atoms with Crippen LogP contribution in [0.2, 0.25) is 0 Å². The van der Waals surface area contributed by atoms with E-state index in [1.54, 1.807) is 0 Å². The largest absolute Gasteiger partial charge is 0.465 e. The zero-order valence-corrected chi connectivity index (χ0v) is 11.2. The van der Waals surface area contributed by atoms with Crippen molar-refractivity contribution in [3.05, 3.63) is 23.7 Å². The molecule has 1 aliphatic rings. The van der Waals surface area contributed by atoms with E-state index in [1.165, 1.54) is 19.3 Å². The van der Waals surface area contributed by atoms with Gasteiger partial charge in [0, 0.05) is 12.6 Å². The van der Waals surface area contributed by atoms with Crippen molar-refractivity contribution in [2.75, 3.05) is 13.6 Å². The van der Waals surface area contributed by atoms with Crippen LogP contribution < -0.4 is 5.73 Å². The van der Waals surface area contributed by atoms with Gasteiger partial charge in [0.2, 0.25) is 0 Å². The molecule has 1 aromatic heterocycles. The highest BCUT2D eigenvalue weighted by atomic mass is 16.3. The van der Waals surface area contributed by atoms with Crippen molar-refractivity contribution < 1.29 is 4.42 Å². The van der Waals surface area contributed by atoms with Gasteiger partial charge in [-0.15, -0.1) is 0 Å². The Hall–Kier alpha value is -0.800. The van der Waals surface area contributed by atoms with Gasteiger partial charge in [-0.3, -0.25) is 4.90 Å². The zero-order chi connectivity index (χ0) is 12.5. The molecule has 0 spiro atoms. The Bertz CT molecular complexity index is 374. The molecule has 1 aliphatic carbocycles. The van der Waals surface area contributed by atoms with Gasteiger partial charge in [-0.05, 0) is 44.4 Å². The number of aryl methyl sites for hydroxylation is 1. The summed E-state index contributed by atoms with van der Waals surface area (Å²) >= 11 is 0. The third-order valence-corrected chi connectivity index (χ3v) is 4.01. The quantitative estimate of drug-likeness (QED) is 0.873. The minimum absolute atomic E-state index is 0.274. The van der Waals surface area contributed by atoms with Crippen LogP contribution in [-0.4, -0.2) is 24.5 Å². The summed E-state index contributed by atoms with van der Waals surface area (Å²) in [6.45, 7) is 6.22. The Balaban J connectivity index is 1.91. The van der Waals surface area contributed by atoms with E-state index in [9.17, 15) is 0 Å². The fraction of sp³-hybridized carbons (Fsp3) is 0.714. The molecule has 17 heavy (non-hydrogen) atoms. The van der Waals surface area contributed by atoms with Crippen molar-refractivity contribution >= 4 is 0 Å². The molecule has 2 atom stereocenters. The minimum atomic E-state index is 0.274.